The average Bonchev–Trinajstić information content (AvgIpc) is 2.26. The van der Waals surface area contributed by atoms with Gasteiger partial charge in [-0.2, -0.15) is 11.8 Å². The number of nitrogens with one attached hydrogen (secondary N) is 1. The van der Waals surface area contributed by atoms with Gasteiger partial charge in [0.05, 0.1) is 10.6 Å². The number of hydrogen-bond donors (Lipinski definition) is 1. The molecule has 0 fully saturated rings. The van der Waals surface area contributed by atoms with Crippen molar-refractivity contribution in [3.8, 4) is 0 Å². The number of halogens is 1. The van der Waals surface area contributed by atoms with Gasteiger partial charge in [0.15, 0.2) is 0 Å². The van der Waals surface area contributed by atoms with E-state index < -0.39 is 0 Å². The number of nitrogens with zero attached hydrogens (tertiary/aromatic N) is 1. The molecule has 1 aromatic heterocycles. The summed E-state index contributed by atoms with van der Waals surface area (Å²) >= 11 is 7.65. The van der Waals surface area contributed by atoms with Gasteiger partial charge in [-0.1, -0.05) is 11.6 Å². The van der Waals surface area contributed by atoms with Crippen molar-refractivity contribution in [1.82, 2.24) is 10.3 Å². The van der Waals surface area contributed by atoms with E-state index in [9.17, 15) is 4.79 Å². The van der Waals surface area contributed by atoms with Crippen molar-refractivity contribution in [3.05, 3.63) is 29.0 Å². The molecule has 0 aliphatic heterocycles. The van der Waals surface area contributed by atoms with Crippen molar-refractivity contribution in [2.45, 2.75) is 19.4 Å². The highest BCUT2D eigenvalue weighted by atomic mass is 35.5. The van der Waals surface area contributed by atoms with Gasteiger partial charge in [0, 0.05) is 18.4 Å². The first-order valence-corrected chi connectivity index (χ1v) is 6.81. The number of pyridine rings is 1. The zero-order valence-corrected chi connectivity index (χ0v) is 10.9. The Morgan fingerprint density at radius 3 is 3.06 bits per heavy atom. The topological polar surface area (TPSA) is 42.0 Å². The molecule has 0 radical (unpaired) electrons. The van der Waals surface area contributed by atoms with Crippen LogP contribution in [-0.4, -0.2) is 28.9 Å². The Morgan fingerprint density at radius 2 is 2.44 bits per heavy atom. The van der Waals surface area contributed by atoms with E-state index in [0.717, 1.165) is 12.2 Å². The lowest BCUT2D eigenvalue weighted by molar-refractivity contribution is 0.0939. The second kappa shape index (κ2) is 6.76. The molecule has 0 saturated carbocycles. The molecule has 0 spiro atoms. The van der Waals surface area contributed by atoms with Gasteiger partial charge in [0.25, 0.3) is 5.91 Å². The lowest BCUT2D eigenvalue weighted by atomic mass is 10.2. The van der Waals surface area contributed by atoms with E-state index in [4.69, 9.17) is 11.6 Å². The van der Waals surface area contributed by atoms with Gasteiger partial charge in [-0.15, -0.1) is 0 Å². The standard InChI is InChI=1S/C11H15ClN2OS/c1-8(4-6-16-2)14-11(15)9-3-5-13-7-10(9)12/h3,5,7-8H,4,6H2,1-2H3,(H,14,15). The summed E-state index contributed by atoms with van der Waals surface area (Å²) in [4.78, 5) is 15.6. The molecular formula is C11H15ClN2OS. The number of amides is 1. The summed E-state index contributed by atoms with van der Waals surface area (Å²) < 4.78 is 0. The molecule has 16 heavy (non-hydrogen) atoms. The van der Waals surface area contributed by atoms with Crippen LogP contribution in [0.5, 0.6) is 0 Å². The summed E-state index contributed by atoms with van der Waals surface area (Å²) in [5, 5.41) is 3.29. The third-order valence-electron chi connectivity index (χ3n) is 2.15. The van der Waals surface area contributed by atoms with Gasteiger partial charge >= 0.3 is 0 Å². The van der Waals surface area contributed by atoms with Crippen molar-refractivity contribution in [2.75, 3.05) is 12.0 Å². The predicted molar refractivity (Wildman–Crippen MR) is 69.2 cm³/mol. The molecule has 88 valence electrons. The molecule has 0 aromatic carbocycles. The molecule has 0 bridgehead atoms. The van der Waals surface area contributed by atoms with Gasteiger partial charge in [-0.3, -0.25) is 9.78 Å². The number of carbonyl (C=O) groups excluding carboxylic acids is 1. The second-order valence-electron chi connectivity index (χ2n) is 3.51. The summed E-state index contributed by atoms with van der Waals surface area (Å²) in [5.74, 6) is 0.895. The second-order valence-corrected chi connectivity index (χ2v) is 4.90. The van der Waals surface area contributed by atoms with Crippen LogP contribution in [0.4, 0.5) is 0 Å². The molecule has 1 N–H and O–H groups in total. The number of hydrogen-bond acceptors (Lipinski definition) is 3. The largest absolute Gasteiger partial charge is 0.350 e. The smallest absolute Gasteiger partial charge is 0.253 e. The first kappa shape index (κ1) is 13.3. The molecule has 1 rings (SSSR count). The maximum Gasteiger partial charge on any atom is 0.253 e. The van der Waals surface area contributed by atoms with E-state index in [0.29, 0.717) is 10.6 Å². The summed E-state index contributed by atoms with van der Waals surface area (Å²) in [6.07, 6.45) is 6.04. The average molecular weight is 259 g/mol. The number of carbonyl (C=O) groups is 1. The molecule has 0 aliphatic carbocycles. The van der Waals surface area contributed by atoms with Gasteiger partial charge in [-0.25, -0.2) is 0 Å². The van der Waals surface area contributed by atoms with Crippen molar-refractivity contribution in [2.24, 2.45) is 0 Å². The Bertz CT molecular complexity index is 360. The Hall–Kier alpha value is -0.740. The van der Waals surface area contributed by atoms with Crippen LogP contribution in [-0.2, 0) is 0 Å². The first-order valence-electron chi connectivity index (χ1n) is 5.04. The van der Waals surface area contributed by atoms with E-state index in [1.165, 1.54) is 6.20 Å². The molecule has 1 unspecified atom stereocenters. The van der Waals surface area contributed by atoms with Crippen molar-refractivity contribution >= 4 is 29.3 Å². The van der Waals surface area contributed by atoms with Crippen LogP contribution in [0.1, 0.15) is 23.7 Å². The van der Waals surface area contributed by atoms with Crippen LogP contribution < -0.4 is 5.32 Å². The number of rotatable bonds is 5. The van der Waals surface area contributed by atoms with Crippen LogP contribution in [0.15, 0.2) is 18.5 Å². The molecule has 1 heterocycles. The van der Waals surface area contributed by atoms with Gasteiger partial charge in [0.1, 0.15) is 0 Å². The van der Waals surface area contributed by atoms with Crippen molar-refractivity contribution in [3.63, 3.8) is 0 Å². The molecule has 0 aliphatic rings. The minimum Gasteiger partial charge on any atom is -0.350 e. The maximum atomic E-state index is 11.8. The van der Waals surface area contributed by atoms with Gasteiger partial charge in [-0.05, 0) is 31.4 Å². The normalized spacial score (nSPS) is 12.2. The lowest BCUT2D eigenvalue weighted by Gasteiger charge is -2.13. The highest BCUT2D eigenvalue weighted by molar-refractivity contribution is 7.98. The van der Waals surface area contributed by atoms with Gasteiger partial charge < -0.3 is 5.32 Å². The Labute approximate surface area is 105 Å². The fourth-order valence-electron chi connectivity index (χ4n) is 1.23. The minimum absolute atomic E-state index is 0.138. The van der Waals surface area contributed by atoms with Crippen molar-refractivity contribution in [1.29, 1.82) is 0 Å². The molecule has 3 nitrogen and oxygen atoms in total. The Balaban J connectivity index is 2.56. The SMILES string of the molecule is CSCCC(C)NC(=O)c1ccncc1Cl. The molecule has 5 heteroatoms. The van der Waals surface area contributed by atoms with Crippen LogP contribution in [0.25, 0.3) is 0 Å². The van der Waals surface area contributed by atoms with Crippen LogP contribution >= 0.6 is 23.4 Å². The fraction of sp³-hybridized carbons (Fsp3) is 0.455. The van der Waals surface area contributed by atoms with Gasteiger partial charge in [0.2, 0.25) is 0 Å². The zero-order valence-electron chi connectivity index (χ0n) is 9.37. The molecule has 1 amide bonds. The fourth-order valence-corrected chi connectivity index (χ4v) is 2.02. The summed E-state index contributed by atoms with van der Waals surface area (Å²) in [5.41, 5.74) is 0.479. The van der Waals surface area contributed by atoms with E-state index in [1.54, 1.807) is 24.0 Å². The van der Waals surface area contributed by atoms with Crippen LogP contribution in [0.2, 0.25) is 5.02 Å². The number of thioether (sulfide) groups is 1. The minimum atomic E-state index is -0.138. The van der Waals surface area contributed by atoms with E-state index in [1.807, 2.05) is 13.2 Å². The zero-order chi connectivity index (χ0) is 12.0. The monoisotopic (exact) mass is 258 g/mol. The van der Waals surface area contributed by atoms with E-state index in [-0.39, 0.29) is 11.9 Å². The van der Waals surface area contributed by atoms with Crippen LogP contribution in [0.3, 0.4) is 0 Å². The van der Waals surface area contributed by atoms with Crippen LogP contribution in [0, 0.1) is 0 Å². The molecule has 1 atom stereocenters. The lowest BCUT2D eigenvalue weighted by Crippen LogP contribution is -2.33. The molecule has 0 saturated heterocycles. The summed E-state index contributed by atoms with van der Waals surface area (Å²) in [6.45, 7) is 1.99. The molecular weight excluding hydrogens is 244 g/mol. The maximum absolute atomic E-state index is 11.8. The van der Waals surface area contributed by atoms with Crippen molar-refractivity contribution < 1.29 is 4.79 Å². The highest BCUT2D eigenvalue weighted by Gasteiger charge is 2.12. The Morgan fingerprint density at radius 1 is 1.69 bits per heavy atom. The quantitative estimate of drug-likeness (QED) is 0.883. The third kappa shape index (κ3) is 4.02. The van der Waals surface area contributed by atoms with E-state index in [2.05, 4.69) is 10.3 Å². The predicted octanol–water partition coefficient (Wildman–Crippen LogP) is 2.61. The Kier molecular flexibility index (Phi) is 5.63. The first-order chi connectivity index (χ1) is 7.65. The highest BCUT2D eigenvalue weighted by Crippen LogP contribution is 2.13. The van der Waals surface area contributed by atoms with E-state index >= 15 is 0 Å². The summed E-state index contributed by atoms with van der Waals surface area (Å²) in [7, 11) is 0. The number of aromatic nitrogens is 1. The molecule has 1 aromatic rings. The third-order valence-corrected chi connectivity index (χ3v) is 3.09. The summed E-state index contributed by atoms with van der Waals surface area (Å²) in [6, 6.07) is 1.78.